The van der Waals surface area contributed by atoms with Crippen molar-refractivity contribution in [3.63, 3.8) is 0 Å². The van der Waals surface area contributed by atoms with Gasteiger partial charge in [-0.15, -0.1) is 0 Å². The minimum atomic E-state index is -0.403. The van der Waals surface area contributed by atoms with E-state index in [1.807, 2.05) is 36.4 Å². The lowest BCUT2D eigenvalue weighted by Gasteiger charge is -2.07. The zero-order chi connectivity index (χ0) is 15.2. The van der Waals surface area contributed by atoms with Crippen molar-refractivity contribution in [2.75, 3.05) is 5.43 Å². The van der Waals surface area contributed by atoms with Crippen LogP contribution >= 0.6 is 0 Å². The van der Waals surface area contributed by atoms with Gasteiger partial charge in [-0.2, -0.15) is 5.10 Å². The van der Waals surface area contributed by atoms with Crippen LogP contribution in [0.5, 0.6) is 0 Å². The highest BCUT2D eigenvalue weighted by Gasteiger charge is 2.03. The molecule has 0 bridgehead atoms. The summed E-state index contributed by atoms with van der Waals surface area (Å²) in [6, 6.07) is 11.1. The Labute approximate surface area is 121 Å². The number of nitrogens with one attached hydrogen (secondary N) is 1. The molecule has 0 radical (unpaired) electrons. The Morgan fingerprint density at radius 1 is 1.10 bits per heavy atom. The van der Waals surface area contributed by atoms with Crippen LogP contribution in [0.25, 0.3) is 6.08 Å². The molecule has 1 aromatic heterocycles. The molecule has 0 fully saturated rings. The molecule has 2 aromatic rings. The average molecular weight is 284 g/mol. The third-order valence-corrected chi connectivity index (χ3v) is 2.95. The predicted molar refractivity (Wildman–Crippen MR) is 84.5 cm³/mol. The molecule has 0 aliphatic heterocycles. The molecule has 6 heteroatoms. The topological polar surface area (TPSA) is 68.4 Å². The second-order valence-corrected chi connectivity index (χ2v) is 4.43. The van der Waals surface area contributed by atoms with E-state index in [-0.39, 0.29) is 5.56 Å². The van der Waals surface area contributed by atoms with Gasteiger partial charge in [0.15, 0.2) is 0 Å². The van der Waals surface area contributed by atoms with Crippen LogP contribution in [-0.4, -0.2) is 15.3 Å². The third kappa shape index (κ3) is 3.56. The summed E-state index contributed by atoms with van der Waals surface area (Å²) in [5.41, 5.74) is 2.95. The minimum Gasteiger partial charge on any atom is -0.281 e. The molecule has 108 valence electrons. The van der Waals surface area contributed by atoms with Gasteiger partial charge in [0.05, 0.1) is 0 Å². The summed E-state index contributed by atoms with van der Waals surface area (Å²) in [7, 11) is 3.00. The Bertz CT molecular complexity index is 786. The molecule has 0 aliphatic carbocycles. The fraction of sp³-hybridized carbons (Fsp3) is 0.133. The summed E-state index contributed by atoms with van der Waals surface area (Å²) < 4.78 is 2.35. The van der Waals surface area contributed by atoms with Crippen LogP contribution < -0.4 is 16.7 Å². The maximum atomic E-state index is 11.7. The lowest BCUT2D eigenvalue weighted by atomic mass is 10.2. The summed E-state index contributed by atoms with van der Waals surface area (Å²) in [6.07, 6.45) is 5.21. The van der Waals surface area contributed by atoms with E-state index in [9.17, 15) is 9.59 Å². The molecule has 0 unspecified atom stereocenters. The lowest BCUT2D eigenvalue weighted by molar-refractivity contribution is 0.690. The van der Waals surface area contributed by atoms with Gasteiger partial charge in [-0.25, -0.2) is 4.79 Å². The second-order valence-electron chi connectivity index (χ2n) is 4.43. The Morgan fingerprint density at radius 2 is 1.81 bits per heavy atom. The zero-order valence-electron chi connectivity index (χ0n) is 11.9. The van der Waals surface area contributed by atoms with Gasteiger partial charge in [-0.1, -0.05) is 36.4 Å². The Kier molecular flexibility index (Phi) is 4.50. The van der Waals surface area contributed by atoms with Gasteiger partial charge < -0.3 is 0 Å². The highest BCUT2D eigenvalue weighted by Crippen LogP contribution is 2.00. The lowest BCUT2D eigenvalue weighted by Crippen LogP contribution is -2.37. The quantitative estimate of drug-likeness (QED) is 0.677. The highest BCUT2D eigenvalue weighted by atomic mass is 16.2. The first-order valence-corrected chi connectivity index (χ1v) is 6.37. The first-order chi connectivity index (χ1) is 10.1. The van der Waals surface area contributed by atoms with Crippen LogP contribution in [0.4, 0.5) is 5.82 Å². The van der Waals surface area contributed by atoms with Crippen molar-refractivity contribution in [2.45, 2.75) is 0 Å². The summed E-state index contributed by atoms with van der Waals surface area (Å²) in [6.45, 7) is 0. The summed E-state index contributed by atoms with van der Waals surface area (Å²) >= 11 is 0. The summed E-state index contributed by atoms with van der Waals surface area (Å²) in [4.78, 5) is 23.2. The molecule has 6 nitrogen and oxygen atoms in total. The first-order valence-electron chi connectivity index (χ1n) is 6.37. The van der Waals surface area contributed by atoms with Gasteiger partial charge in [0.2, 0.25) is 0 Å². The van der Waals surface area contributed by atoms with Crippen LogP contribution in [0, 0.1) is 0 Å². The number of hydrogen-bond acceptors (Lipinski definition) is 4. The molecule has 1 aromatic carbocycles. The predicted octanol–water partition coefficient (Wildman–Crippen LogP) is 1.20. The van der Waals surface area contributed by atoms with Gasteiger partial charge in [0.1, 0.15) is 5.82 Å². The van der Waals surface area contributed by atoms with E-state index in [0.29, 0.717) is 5.82 Å². The molecule has 2 rings (SSSR count). The molecule has 0 saturated carbocycles. The number of hydrogen-bond donors (Lipinski definition) is 1. The fourth-order valence-corrected chi connectivity index (χ4v) is 1.70. The number of rotatable bonds is 4. The zero-order valence-corrected chi connectivity index (χ0v) is 11.9. The number of benzene rings is 1. The third-order valence-electron chi connectivity index (χ3n) is 2.95. The molecule has 0 saturated heterocycles. The molecule has 0 spiro atoms. The Morgan fingerprint density at radius 3 is 2.52 bits per heavy atom. The van der Waals surface area contributed by atoms with E-state index in [1.165, 1.54) is 17.7 Å². The summed E-state index contributed by atoms with van der Waals surface area (Å²) in [5, 5.41) is 3.96. The second kappa shape index (κ2) is 6.51. The smallest absolute Gasteiger partial charge is 0.281 e. The van der Waals surface area contributed by atoms with Crippen LogP contribution in [0.2, 0.25) is 0 Å². The number of aromatic nitrogens is 2. The van der Waals surface area contributed by atoms with Crippen LogP contribution in [0.3, 0.4) is 0 Å². The van der Waals surface area contributed by atoms with Crippen molar-refractivity contribution >= 4 is 18.1 Å². The van der Waals surface area contributed by atoms with Gasteiger partial charge in [-0.3, -0.25) is 19.4 Å². The van der Waals surface area contributed by atoms with Crippen molar-refractivity contribution in [2.24, 2.45) is 19.2 Å². The SMILES string of the molecule is Cn1c(N/N=C/C=C\c2ccccc2)cc(=O)n(C)c1=O. The number of anilines is 1. The van der Waals surface area contributed by atoms with Crippen molar-refractivity contribution in [3.8, 4) is 0 Å². The molecular weight excluding hydrogens is 268 g/mol. The highest BCUT2D eigenvalue weighted by molar-refractivity contribution is 5.78. The Hall–Kier alpha value is -2.89. The average Bonchev–Trinajstić information content (AvgIpc) is 2.50. The van der Waals surface area contributed by atoms with E-state index >= 15 is 0 Å². The molecule has 0 amide bonds. The molecule has 1 N–H and O–H groups in total. The number of nitrogens with zero attached hydrogens (tertiary/aromatic N) is 3. The standard InChI is InChI=1S/C15H16N4O2/c1-18-13(11-14(20)19(2)15(18)21)17-16-10-6-9-12-7-4-3-5-8-12/h3-11,17H,1-2H3/b9-6-,16-10+. The van der Waals surface area contributed by atoms with E-state index in [1.54, 1.807) is 19.3 Å². The molecule has 0 aliphatic rings. The molecule has 1 heterocycles. The van der Waals surface area contributed by atoms with Crippen LogP contribution in [-0.2, 0) is 14.1 Å². The summed E-state index contributed by atoms with van der Waals surface area (Å²) in [5.74, 6) is 0.340. The van der Waals surface area contributed by atoms with E-state index in [4.69, 9.17) is 0 Å². The minimum absolute atomic E-state index is 0.340. The monoisotopic (exact) mass is 284 g/mol. The van der Waals surface area contributed by atoms with Crippen LogP contribution in [0.15, 0.2) is 57.2 Å². The molecule has 0 atom stereocenters. The van der Waals surface area contributed by atoms with E-state index < -0.39 is 5.69 Å². The first kappa shape index (κ1) is 14.5. The number of hydrazone groups is 1. The van der Waals surface area contributed by atoms with Gasteiger partial charge in [-0.05, 0) is 11.6 Å². The largest absolute Gasteiger partial charge is 0.332 e. The van der Waals surface area contributed by atoms with Crippen molar-refractivity contribution in [1.29, 1.82) is 0 Å². The fourth-order valence-electron chi connectivity index (χ4n) is 1.70. The van der Waals surface area contributed by atoms with Crippen molar-refractivity contribution in [3.05, 3.63) is 68.9 Å². The van der Waals surface area contributed by atoms with Crippen LogP contribution in [0.1, 0.15) is 5.56 Å². The van der Waals surface area contributed by atoms with Crippen molar-refractivity contribution < 1.29 is 0 Å². The van der Waals surface area contributed by atoms with Crippen molar-refractivity contribution in [1.82, 2.24) is 9.13 Å². The van der Waals surface area contributed by atoms with Gasteiger partial charge >= 0.3 is 5.69 Å². The maximum Gasteiger partial charge on any atom is 0.332 e. The van der Waals surface area contributed by atoms with Gasteiger partial charge in [0.25, 0.3) is 5.56 Å². The maximum absolute atomic E-state index is 11.7. The Balaban J connectivity index is 2.07. The van der Waals surface area contributed by atoms with E-state index in [2.05, 4.69) is 10.5 Å². The number of allylic oxidation sites excluding steroid dienone is 1. The van der Waals surface area contributed by atoms with E-state index in [0.717, 1.165) is 10.1 Å². The van der Waals surface area contributed by atoms with Gasteiger partial charge in [0, 0.05) is 26.4 Å². The molecule has 21 heavy (non-hydrogen) atoms. The normalized spacial score (nSPS) is 11.3. The molecular formula is C15H16N4O2.